The minimum absolute atomic E-state index is 0.0715. The Labute approximate surface area is 211 Å². The van der Waals surface area contributed by atoms with Crippen molar-refractivity contribution in [3.05, 3.63) is 77.4 Å². The summed E-state index contributed by atoms with van der Waals surface area (Å²) in [5.74, 6) is 2.36. The average Bonchev–Trinajstić information content (AvgIpc) is 2.84. The number of methoxy groups -OCH3 is 1. The number of hydrogen-bond donors (Lipinski definition) is 0. The normalized spacial score (nSPS) is 16.6. The molecule has 3 aromatic rings. The molecule has 0 N–H and O–H groups in total. The Bertz CT molecular complexity index is 1270. The van der Waals surface area contributed by atoms with Crippen molar-refractivity contribution in [2.45, 2.75) is 72.3 Å². The van der Waals surface area contributed by atoms with Crippen LogP contribution in [-0.4, -0.2) is 12.7 Å². The molecule has 0 aromatic heterocycles. The third kappa shape index (κ3) is 3.59. The van der Waals surface area contributed by atoms with Gasteiger partial charge in [0.15, 0.2) is 11.5 Å². The molecule has 2 heterocycles. The molecular formula is C32H39NO2. The molecule has 1 unspecified atom stereocenters. The summed E-state index contributed by atoms with van der Waals surface area (Å²) in [7, 11) is 1.83. The highest BCUT2D eigenvalue weighted by Gasteiger charge is 2.42. The van der Waals surface area contributed by atoms with Crippen LogP contribution in [0.2, 0.25) is 0 Å². The van der Waals surface area contributed by atoms with E-state index >= 15 is 0 Å². The number of hydrogen-bond acceptors (Lipinski definition) is 3. The van der Waals surface area contributed by atoms with Crippen LogP contribution in [0.4, 0.5) is 17.1 Å². The number of benzene rings is 3. The molecule has 3 aromatic carbocycles. The van der Waals surface area contributed by atoms with Gasteiger partial charge >= 0.3 is 0 Å². The zero-order valence-electron chi connectivity index (χ0n) is 22.5. The summed E-state index contributed by atoms with van der Waals surface area (Å²) in [5, 5.41) is 0. The van der Waals surface area contributed by atoms with Gasteiger partial charge in [-0.15, -0.1) is 0 Å². The van der Waals surface area contributed by atoms with Gasteiger partial charge in [-0.05, 0) is 79.0 Å². The van der Waals surface area contributed by atoms with Crippen LogP contribution in [0.5, 0.6) is 11.5 Å². The van der Waals surface area contributed by atoms with Gasteiger partial charge in [0.05, 0.1) is 22.7 Å². The van der Waals surface area contributed by atoms with E-state index in [9.17, 15) is 0 Å². The zero-order chi connectivity index (χ0) is 25.2. The first-order chi connectivity index (χ1) is 16.5. The van der Waals surface area contributed by atoms with Gasteiger partial charge in [0.1, 0.15) is 0 Å². The minimum atomic E-state index is -0.171. The lowest BCUT2D eigenvalue weighted by Crippen LogP contribution is -2.45. The summed E-state index contributed by atoms with van der Waals surface area (Å²) in [5.41, 5.74) is 7.40. The van der Waals surface area contributed by atoms with Crippen LogP contribution in [0.3, 0.4) is 0 Å². The number of para-hydroxylation sites is 3. The molecule has 35 heavy (non-hydrogen) atoms. The molecule has 0 saturated carbocycles. The Hall–Kier alpha value is -2.78. The Balaban J connectivity index is 1.53. The summed E-state index contributed by atoms with van der Waals surface area (Å²) in [6, 6.07) is 21.9. The summed E-state index contributed by atoms with van der Waals surface area (Å²) in [6.45, 7) is 16.1. The van der Waals surface area contributed by atoms with Crippen molar-refractivity contribution < 1.29 is 9.47 Å². The van der Waals surface area contributed by atoms with E-state index in [1.807, 2.05) is 13.2 Å². The molecule has 0 fully saturated rings. The molecule has 1 atom stereocenters. The maximum Gasteiger partial charge on any atom is 0.151 e. The Morgan fingerprint density at radius 2 is 1.60 bits per heavy atom. The molecule has 0 radical (unpaired) electrons. The van der Waals surface area contributed by atoms with Gasteiger partial charge in [-0.2, -0.15) is 0 Å². The van der Waals surface area contributed by atoms with Crippen LogP contribution in [0.25, 0.3) is 0 Å². The second kappa shape index (κ2) is 8.13. The molecule has 3 heteroatoms. The number of aryl methyl sites for hydroxylation is 1. The highest BCUT2D eigenvalue weighted by molar-refractivity contribution is 5.93. The standard InChI is InChI=1S/C32H39NO2/c1-21(31(4,5)32(6,7)34-8)16-17-22-18-19-25-24(20-22)30(2,3)23-12-11-15-28-29(23)33(25)26-13-9-10-14-27(26)35-28/h9-15,18-21H,16-17H2,1-8H3. The number of ether oxygens (including phenoxy) is 2. The van der Waals surface area contributed by atoms with Crippen LogP contribution in [-0.2, 0) is 16.6 Å². The predicted octanol–water partition coefficient (Wildman–Crippen LogP) is 8.92. The Kier molecular flexibility index (Phi) is 5.56. The van der Waals surface area contributed by atoms with Crippen molar-refractivity contribution in [3.8, 4) is 11.5 Å². The quantitative estimate of drug-likeness (QED) is 0.281. The lowest BCUT2D eigenvalue weighted by atomic mass is 9.66. The highest BCUT2D eigenvalue weighted by Crippen LogP contribution is 2.59. The van der Waals surface area contributed by atoms with E-state index in [1.165, 1.54) is 28.1 Å². The van der Waals surface area contributed by atoms with Gasteiger partial charge < -0.3 is 14.4 Å². The fourth-order valence-electron chi connectivity index (χ4n) is 5.74. The lowest BCUT2D eigenvalue weighted by molar-refractivity contribution is -0.0962. The van der Waals surface area contributed by atoms with Crippen molar-refractivity contribution in [1.82, 2.24) is 0 Å². The molecular weight excluding hydrogens is 430 g/mol. The van der Waals surface area contributed by atoms with Gasteiger partial charge in [-0.1, -0.05) is 71.0 Å². The van der Waals surface area contributed by atoms with E-state index in [1.54, 1.807) is 0 Å². The number of fused-ring (bicyclic) bond motifs is 4. The lowest BCUT2D eigenvalue weighted by Gasteiger charge is -2.45. The number of nitrogens with zero attached hydrogens (tertiary/aromatic N) is 1. The smallest absolute Gasteiger partial charge is 0.151 e. The largest absolute Gasteiger partial charge is 0.453 e. The van der Waals surface area contributed by atoms with E-state index in [-0.39, 0.29) is 16.4 Å². The van der Waals surface area contributed by atoms with E-state index in [4.69, 9.17) is 9.47 Å². The molecule has 184 valence electrons. The fourth-order valence-corrected chi connectivity index (χ4v) is 5.74. The fraction of sp³-hybridized carbons (Fsp3) is 0.438. The molecule has 5 rings (SSSR count). The van der Waals surface area contributed by atoms with E-state index in [0.717, 1.165) is 30.0 Å². The Morgan fingerprint density at radius 1 is 0.886 bits per heavy atom. The molecule has 2 aliphatic rings. The second-order valence-corrected chi connectivity index (χ2v) is 11.9. The van der Waals surface area contributed by atoms with E-state index in [2.05, 4.69) is 108 Å². The summed E-state index contributed by atoms with van der Waals surface area (Å²) >= 11 is 0. The van der Waals surface area contributed by atoms with E-state index in [0.29, 0.717) is 5.92 Å². The van der Waals surface area contributed by atoms with Gasteiger partial charge in [0.2, 0.25) is 0 Å². The maximum absolute atomic E-state index is 6.34. The van der Waals surface area contributed by atoms with Crippen molar-refractivity contribution in [3.63, 3.8) is 0 Å². The van der Waals surface area contributed by atoms with Crippen molar-refractivity contribution in [1.29, 1.82) is 0 Å². The summed E-state index contributed by atoms with van der Waals surface area (Å²) in [6.07, 6.45) is 2.18. The molecule has 0 bridgehead atoms. The van der Waals surface area contributed by atoms with Crippen LogP contribution < -0.4 is 9.64 Å². The van der Waals surface area contributed by atoms with Crippen molar-refractivity contribution in [2.75, 3.05) is 12.0 Å². The number of anilines is 3. The SMILES string of the molecule is COC(C)(C)C(C)(C)C(C)CCc1ccc2c(c1)C(C)(C)c1cccc3c1N2c1ccccc1O3. The maximum atomic E-state index is 6.34. The van der Waals surface area contributed by atoms with E-state index < -0.39 is 0 Å². The average molecular weight is 470 g/mol. The first kappa shape index (κ1) is 23.9. The third-order valence-electron chi connectivity index (χ3n) is 9.36. The molecule has 3 nitrogen and oxygen atoms in total. The molecule has 2 aliphatic heterocycles. The van der Waals surface area contributed by atoms with Crippen LogP contribution in [0.1, 0.15) is 71.6 Å². The Morgan fingerprint density at radius 3 is 2.34 bits per heavy atom. The third-order valence-corrected chi connectivity index (χ3v) is 9.36. The first-order valence-electron chi connectivity index (χ1n) is 12.9. The van der Waals surface area contributed by atoms with Crippen LogP contribution in [0, 0.1) is 11.3 Å². The molecule has 0 saturated heterocycles. The van der Waals surface area contributed by atoms with Crippen LogP contribution in [0.15, 0.2) is 60.7 Å². The van der Waals surface area contributed by atoms with Gasteiger partial charge in [0, 0.05) is 12.5 Å². The monoisotopic (exact) mass is 469 g/mol. The summed E-state index contributed by atoms with van der Waals surface area (Å²) in [4.78, 5) is 2.40. The zero-order valence-corrected chi connectivity index (χ0v) is 22.5. The minimum Gasteiger partial charge on any atom is -0.453 e. The first-order valence-corrected chi connectivity index (χ1v) is 12.9. The highest BCUT2D eigenvalue weighted by atomic mass is 16.5. The van der Waals surface area contributed by atoms with Gasteiger partial charge in [-0.3, -0.25) is 0 Å². The number of rotatable bonds is 6. The predicted molar refractivity (Wildman–Crippen MR) is 146 cm³/mol. The van der Waals surface area contributed by atoms with Crippen molar-refractivity contribution in [2.24, 2.45) is 11.3 Å². The van der Waals surface area contributed by atoms with Gasteiger partial charge in [0.25, 0.3) is 0 Å². The van der Waals surface area contributed by atoms with Crippen LogP contribution >= 0.6 is 0 Å². The van der Waals surface area contributed by atoms with Gasteiger partial charge in [-0.25, -0.2) is 0 Å². The topological polar surface area (TPSA) is 21.7 Å². The summed E-state index contributed by atoms with van der Waals surface area (Å²) < 4.78 is 12.2. The molecule has 0 spiro atoms. The molecule has 0 amide bonds. The molecule has 0 aliphatic carbocycles. The second-order valence-electron chi connectivity index (χ2n) is 11.9. The van der Waals surface area contributed by atoms with Crippen molar-refractivity contribution >= 4 is 17.1 Å².